The summed E-state index contributed by atoms with van der Waals surface area (Å²) in [6, 6.07) is 85.1. The predicted octanol–water partition coefficient (Wildman–Crippen LogP) is 17.9. The Bertz CT molecular complexity index is 4090. The first kappa shape index (κ1) is 66.2. The fourth-order valence-electron chi connectivity index (χ4n) is 11.6. The van der Waals surface area contributed by atoms with Crippen LogP contribution in [0.5, 0.6) is 23.0 Å². The fourth-order valence-corrected chi connectivity index (χ4v) is 11.6. The maximum Gasteiger partial charge on any atom is 0.126 e. The number of phenols is 4. The molecule has 0 unspecified atom stereocenters. The van der Waals surface area contributed by atoms with Crippen LogP contribution in [0.3, 0.4) is 0 Å². The second kappa shape index (κ2) is 31.5. The first-order chi connectivity index (χ1) is 41.9. The van der Waals surface area contributed by atoms with Crippen molar-refractivity contribution in [2.24, 2.45) is 0 Å². The van der Waals surface area contributed by atoms with Gasteiger partial charge in [-0.15, -0.1) is 48.5 Å². The van der Waals surface area contributed by atoms with E-state index >= 15 is 0 Å². The summed E-state index contributed by atoms with van der Waals surface area (Å²) in [5.74, 6) is 1.42. The molecule has 12 aromatic rings. The van der Waals surface area contributed by atoms with E-state index < -0.39 is 0 Å². The Labute approximate surface area is 570 Å². The van der Waals surface area contributed by atoms with Gasteiger partial charge in [0.1, 0.15) is 23.0 Å². The van der Waals surface area contributed by atoms with Crippen molar-refractivity contribution in [2.45, 2.75) is 74.3 Å². The molecule has 0 atom stereocenters. The van der Waals surface area contributed by atoms with E-state index in [1.54, 1.807) is 0 Å². The van der Waals surface area contributed by atoms with Crippen LogP contribution in [-0.4, -0.2) is 40.1 Å². The average molecular weight is 1310 g/mol. The zero-order valence-electron chi connectivity index (χ0n) is 51.2. The van der Waals surface area contributed by atoms with Crippen molar-refractivity contribution in [3.05, 3.63) is 287 Å². The number of aryl methyl sites for hydroxylation is 3. The van der Waals surface area contributed by atoms with Gasteiger partial charge in [0.2, 0.25) is 0 Å². The second-order valence-corrected chi connectivity index (χ2v) is 21.7. The summed E-state index contributed by atoms with van der Waals surface area (Å²) in [4.78, 5) is 8.96. The molecule has 2 radical (unpaired) electrons. The molecule has 0 aliphatic carbocycles. The number of hydrogen-bond acceptors (Lipinski definition) is 8. The first-order valence-electron chi connectivity index (χ1n) is 29.6. The Morgan fingerprint density at radius 1 is 0.295 bits per heavy atom. The largest absolute Gasteiger partial charge is 0.507 e. The van der Waals surface area contributed by atoms with E-state index in [0.29, 0.717) is 55.7 Å². The standard InChI is InChI=1S/C38H34N2O2.2C20H20NO.2Y/c1-3-39(32-16-6-4-7-17-32)24-31-23-29-15-11-13-21-35(29)36(38(31)42)26-40(33-18-8-5-9-19-33)25-30-22-28-14-10-12-20-34(28)27(2)37(30)41;2*1-3-21(18-10-5-4-6-11-18)14-17-13-16-9-7-8-12-19(16)15(2)20(17)22;;/h6-23,41-42H,3,24-26H2,1-2H3;2*5-13,22H,3,14H2,1-2H3;;/q-2;2*-1;;. The van der Waals surface area contributed by atoms with Crippen LogP contribution in [0.2, 0.25) is 0 Å². The number of anilines is 4. The minimum Gasteiger partial charge on any atom is -0.507 e. The van der Waals surface area contributed by atoms with Gasteiger partial charge >= 0.3 is 0 Å². The quantitative estimate of drug-likeness (QED) is 0.0670. The summed E-state index contributed by atoms with van der Waals surface area (Å²) in [7, 11) is 0. The molecule has 0 heterocycles. The van der Waals surface area contributed by atoms with E-state index in [9.17, 15) is 20.4 Å². The molecular formula is C78H74N4O4Y2-4. The Morgan fingerprint density at radius 2 is 0.534 bits per heavy atom. The fraction of sp³-hybridized carbons (Fsp3) is 0.179. The number of aromatic hydroxyl groups is 4. The summed E-state index contributed by atoms with van der Waals surface area (Å²) in [6.07, 6.45) is 0. The molecule has 0 aliphatic rings. The van der Waals surface area contributed by atoms with Crippen molar-refractivity contribution in [1.82, 2.24) is 0 Å². The summed E-state index contributed by atoms with van der Waals surface area (Å²) in [5.41, 5.74) is 11.7. The molecule has 0 aromatic heterocycles. The van der Waals surface area contributed by atoms with Crippen molar-refractivity contribution in [3.63, 3.8) is 0 Å². The van der Waals surface area contributed by atoms with Gasteiger partial charge in [-0.05, 0) is 126 Å². The van der Waals surface area contributed by atoms with Gasteiger partial charge in [-0.2, -0.15) is 72.8 Å². The van der Waals surface area contributed by atoms with Gasteiger partial charge in [0.15, 0.2) is 0 Å². The monoisotopic (exact) mass is 1310 g/mol. The van der Waals surface area contributed by atoms with Crippen LogP contribution >= 0.6 is 0 Å². The molecule has 0 fully saturated rings. The van der Waals surface area contributed by atoms with Crippen LogP contribution in [0, 0.1) is 45.0 Å². The number of fused-ring (bicyclic) bond motifs is 4. The van der Waals surface area contributed by atoms with Gasteiger partial charge in [0.25, 0.3) is 0 Å². The first-order valence-corrected chi connectivity index (χ1v) is 29.6. The molecule has 0 saturated carbocycles. The third-order valence-corrected chi connectivity index (χ3v) is 16.5. The van der Waals surface area contributed by atoms with E-state index in [1.165, 1.54) is 10.8 Å². The SMILES string of the molecule is CCN(Cc1cc2ccccc2c(C)c1O)c1cc[c-]cc1.CCN(Cc1cc2ccccc2c(C)c1O)c1cc[c-]cc1.CCN(Cc1cc2ccccc2c(CN(Cc2cc3ccccc3c(C)c2O)c2cc[c-]cc2)c1O)c1cc[c-]cc1.[Y].[Y]. The van der Waals surface area contributed by atoms with Crippen LogP contribution < -0.4 is 19.6 Å². The zero-order chi connectivity index (χ0) is 60.1. The van der Waals surface area contributed by atoms with Crippen molar-refractivity contribution in [1.29, 1.82) is 0 Å². The van der Waals surface area contributed by atoms with Crippen LogP contribution in [0.25, 0.3) is 43.1 Å². The third kappa shape index (κ3) is 15.4. The van der Waals surface area contributed by atoms with Gasteiger partial charge in [-0.3, -0.25) is 0 Å². The molecule has 0 bridgehead atoms. The molecule has 4 N–H and O–H groups in total. The van der Waals surface area contributed by atoms with E-state index in [1.807, 2.05) is 136 Å². The summed E-state index contributed by atoms with van der Waals surface area (Å²) in [5, 5.41) is 53.1. The number of phenolic OH excluding ortho intramolecular Hbond substituents is 4. The predicted molar refractivity (Wildman–Crippen MR) is 358 cm³/mol. The maximum absolute atomic E-state index is 11.9. The van der Waals surface area contributed by atoms with Crippen molar-refractivity contribution < 1.29 is 85.8 Å². The topological polar surface area (TPSA) is 93.9 Å². The van der Waals surface area contributed by atoms with Gasteiger partial charge in [0, 0.05) is 146 Å². The van der Waals surface area contributed by atoms with Crippen molar-refractivity contribution in [2.75, 3.05) is 39.2 Å². The number of hydrogen-bond donors (Lipinski definition) is 4. The Kier molecular flexibility index (Phi) is 23.7. The maximum atomic E-state index is 11.9. The third-order valence-electron chi connectivity index (χ3n) is 16.5. The summed E-state index contributed by atoms with van der Waals surface area (Å²) < 4.78 is 0. The average Bonchev–Trinajstić information content (AvgIpc) is 3.13. The van der Waals surface area contributed by atoms with E-state index in [4.69, 9.17) is 0 Å². The minimum absolute atomic E-state index is 0. The number of nitrogens with zero attached hydrogens (tertiary/aromatic N) is 4. The molecule has 12 aromatic carbocycles. The van der Waals surface area contributed by atoms with Crippen molar-refractivity contribution >= 4 is 65.8 Å². The van der Waals surface area contributed by atoms with E-state index in [-0.39, 0.29) is 65.4 Å². The summed E-state index contributed by atoms with van der Waals surface area (Å²) >= 11 is 0. The van der Waals surface area contributed by atoms with Gasteiger partial charge in [-0.1, -0.05) is 120 Å². The molecular weight excluding hydrogens is 1230 g/mol. The molecule has 0 amide bonds. The molecule has 0 aliphatic heterocycles. The van der Waals surface area contributed by atoms with E-state index in [2.05, 4.69) is 168 Å². The molecule has 12 rings (SSSR count). The molecule has 8 nitrogen and oxygen atoms in total. The van der Waals surface area contributed by atoms with Crippen LogP contribution in [0.4, 0.5) is 22.7 Å². The van der Waals surface area contributed by atoms with Gasteiger partial charge in [0.05, 0.1) is 0 Å². The summed E-state index contributed by atoms with van der Waals surface area (Å²) in [6.45, 7) is 17.8. The Morgan fingerprint density at radius 3 is 0.830 bits per heavy atom. The molecule has 0 saturated heterocycles. The van der Waals surface area contributed by atoms with Crippen molar-refractivity contribution in [3.8, 4) is 23.0 Å². The second-order valence-electron chi connectivity index (χ2n) is 21.7. The zero-order valence-corrected chi connectivity index (χ0v) is 56.9. The number of benzene rings is 12. The molecule has 440 valence electrons. The van der Waals surface area contributed by atoms with Gasteiger partial charge < -0.3 is 40.0 Å². The number of rotatable bonds is 17. The molecule has 10 heteroatoms. The van der Waals surface area contributed by atoms with Crippen LogP contribution in [0.1, 0.15) is 65.3 Å². The van der Waals surface area contributed by atoms with E-state index in [0.717, 1.165) is 119 Å². The van der Waals surface area contributed by atoms with Crippen LogP contribution in [-0.2, 0) is 98.1 Å². The Balaban J connectivity index is 0.000000185. The normalized spacial score (nSPS) is 10.8. The van der Waals surface area contributed by atoms with Gasteiger partial charge in [-0.25, -0.2) is 0 Å². The molecule has 88 heavy (non-hydrogen) atoms. The Hall–Kier alpha value is -7.71. The smallest absolute Gasteiger partial charge is 0.126 e. The molecule has 0 spiro atoms. The minimum atomic E-state index is 0. The van der Waals surface area contributed by atoms with Crippen LogP contribution in [0.15, 0.2) is 218 Å².